The summed E-state index contributed by atoms with van der Waals surface area (Å²) < 4.78 is 16.8. The maximum atomic E-state index is 11.6. The molecule has 1 atom stereocenters. The molecule has 0 radical (unpaired) electrons. The lowest BCUT2D eigenvalue weighted by Crippen LogP contribution is -2.21. The fourth-order valence-corrected chi connectivity index (χ4v) is 5.50. The lowest BCUT2D eigenvalue weighted by molar-refractivity contribution is -0.143. The van der Waals surface area contributed by atoms with Crippen LogP contribution < -0.4 is 9.47 Å². The summed E-state index contributed by atoms with van der Waals surface area (Å²) in [5.74, 6) is 2.19. The third-order valence-corrected chi connectivity index (χ3v) is 6.88. The second-order valence-electron chi connectivity index (χ2n) is 6.34. The molecule has 2 heterocycles. The Labute approximate surface area is 160 Å². The van der Waals surface area contributed by atoms with E-state index in [0.29, 0.717) is 18.8 Å². The smallest absolute Gasteiger partial charge is 0.347 e. The predicted octanol–water partition coefficient (Wildman–Crippen LogP) is 4.58. The summed E-state index contributed by atoms with van der Waals surface area (Å²) in [6.45, 7) is 0.429. The molecular weight excluding hydrogens is 360 g/mol. The van der Waals surface area contributed by atoms with E-state index in [2.05, 4.69) is 24.3 Å². The third kappa shape index (κ3) is 2.94. The van der Waals surface area contributed by atoms with E-state index in [9.17, 15) is 4.79 Å². The van der Waals surface area contributed by atoms with Crippen molar-refractivity contribution in [1.29, 1.82) is 0 Å². The van der Waals surface area contributed by atoms with Crippen molar-refractivity contribution in [1.82, 2.24) is 0 Å². The van der Waals surface area contributed by atoms with E-state index in [1.165, 1.54) is 14.7 Å². The molecule has 1 saturated heterocycles. The van der Waals surface area contributed by atoms with Crippen LogP contribution in [0.4, 0.5) is 0 Å². The first-order valence-electron chi connectivity index (χ1n) is 8.83. The molecular formula is C22H17O4S+. The lowest BCUT2D eigenvalue weighted by Gasteiger charge is -2.19. The topological polar surface area (TPSA) is 44.8 Å². The molecule has 0 amide bonds. The van der Waals surface area contributed by atoms with Crippen LogP contribution in [0.2, 0.25) is 0 Å². The molecule has 1 fully saturated rings. The van der Waals surface area contributed by atoms with Gasteiger partial charge in [-0.1, -0.05) is 24.3 Å². The number of carbonyl (C=O) groups excluding carboxylic acids is 1. The molecule has 2 aliphatic heterocycles. The van der Waals surface area contributed by atoms with E-state index in [1.807, 2.05) is 48.5 Å². The molecule has 0 bridgehead atoms. The molecule has 0 aliphatic carbocycles. The van der Waals surface area contributed by atoms with Gasteiger partial charge in [0.05, 0.1) is 6.61 Å². The molecule has 4 nitrogen and oxygen atoms in total. The quantitative estimate of drug-likeness (QED) is 0.387. The number of benzene rings is 3. The second kappa shape index (κ2) is 6.67. The van der Waals surface area contributed by atoms with Gasteiger partial charge in [-0.25, -0.2) is 4.79 Å². The number of hydrogen-bond acceptors (Lipinski definition) is 4. The average Bonchev–Trinajstić information content (AvgIpc) is 3.11. The molecule has 0 N–H and O–H groups in total. The zero-order valence-corrected chi connectivity index (χ0v) is 15.3. The van der Waals surface area contributed by atoms with Gasteiger partial charge < -0.3 is 14.2 Å². The number of fused-ring (bicyclic) bond motifs is 2. The van der Waals surface area contributed by atoms with Crippen molar-refractivity contribution < 1.29 is 19.0 Å². The zero-order chi connectivity index (χ0) is 18.2. The van der Waals surface area contributed by atoms with Gasteiger partial charge in [0.25, 0.3) is 0 Å². The Balaban J connectivity index is 1.50. The van der Waals surface area contributed by atoms with Crippen LogP contribution >= 0.6 is 0 Å². The molecule has 1 unspecified atom stereocenters. The van der Waals surface area contributed by atoms with Crippen LogP contribution in [-0.4, -0.2) is 18.7 Å². The van der Waals surface area contributed by atoms with Crippen LogP contribution in [0.5, 0.6) is 17.2 Å². The highest BCUT2D eigenvalue weighted by Gasteiger charge is 2.39. The van der Waals surface area contributed by atoms with Gasteiger partial charge in [-0.05, 0) is 48.5 Å². The first-order valence-corrected chi connectivity index (χ1v) is 10.1. The lowest BCUT2D eigenvalue weighted by atomic mass is 10.3. The molecule has 2 aliphatic rings. The first kappa shape index (κ1) is 16.3. The van der Waals surface area contributed by atoms with Crippen LogP contribution in [0.25, 0.3) is 0 Å². The second-order valence-corrected chi connectivity index (χ2v) is 8.30. The van der Waals surface area contributed by atoms with Gasteiger partial charge in [-0.3, -0.25) is 0 Å². The fraction of sp³-hybridized carbons (Fsp3) is 0.136. The fourth-order valence-electron chi connectivity index (χ4n) is 3.30. The molecule has 3 aromatic carbocycles. The Morgan fingerprint density at radius 2 is 1.48 bits per heavy atom. The van der Waals surface area contributed by atoms with Crippen molar-refractivity contribution in [2.45, 2.75) is 27.2 Å². The minimum atomic E-state index is -0.497. The summed E-state index contributed by atoms with van der Waals surface area (Å²) in [6, 6.07) is 24.3. The van der Waals surface area contributed by atoms with Crippen LogP contribution in [0.3, 0.4) is 0 Å². The summed E-state index contributed by atoms with van der Waals surface area (Å²) >= 11 is 0. The van der Waals surface area contributed by atoms with Crippen molar-refractivity contribution in [3.63, 3.8) is 0 Å². The minimum absolute atomic E-state index is 0.249. The van der Waals surface area contributed by atoms with Crippen LogP contribution in [0, 0.1) is 0 Å². The van der Waals surface area contributed by atoms with E-state index in [-0.39, 0.29) is 16.9 Å². The van der Waals surface area contributed by atoms with E-state index in [0.717, 1.165) is 11.5 Å². The summed E-state index contributed by atoms with van der Waals surface area (Å²) in [5, 5.41) is 0. The number of para-hydroxylation sites is 2. The number of ether oxygens (including phenoxy) is 3. The van der Waals surface area contributed by atoms with E-state index in [4.69, 9.17) is 14.2 Å². The predicted molar refractivity (Wildman–Crippen MR) is 102 cm³/mol. The largest absolute Gasteiger partial charge is 0.479 e. The maximum Gasteiger partial charge on any atom is 0.347 e. The molecule has 3 aromatic rings. The maximum absolute atomic E-state index is 11.6. The van der Waals surface area contributed by atoms with Gasteiger partial charge in [-0.2, -0.15) is 0 Å². The molecule has 0 spiro atoms. The molecule has 5 rings (SSSR count). The zero-order valence-electron chi connectivity index (χ0n) is 14.5. The summed E-state index contributed by atoms with van der Waals surface area (Å²) in [5.41, 5.74) is 0. The molecule has 0 saturated carbocycles. The first-order chi connectivity index (χ1) is 13.3. The van der Waals surface area contributed by atoms with Gasteiger partial charge in [0.2, 0.25) is 9.79 Å². The van der Waals surface area contributed by atoms with Gasteiger partial charge >= 0.3 is 5.97 Å². The Morgan fingerprint density at radius 1 is 0.852 bits per heavy atom. The number of carbonyl (C=O) groups is 1. The van der Waals surface area contributed by atoms with Crippen molar-refractivity contribution in [3.05, 3.63) is 72.8 Å². The number of esters is 1. The minimum Gasteiger partial charge on any atom is -0.479 e. The van der Waals surface area contributed by atoms with Crippen molar-refractivity contribution >= 4 is 16.9 Å². The van der Waals surface area contributed by atoms with Crippen LogP contribution in [0.1, 0.15) is 6.42 Å². The Kier molecular flexibility index (Phi) is 4.02. The van der Waals surface area contributed by atoms with E-state index >= 15 is 0 Å². The van der Waals surface area contributed by atoms with Gasteiger partial charge in [0.1, 0.15) is 16.6 Å². The Bertz CT molecular complexity index is 954. The average molecular weight is 377 g/mol. The molecule has 5 heteroatoms. The molecule has 27 heavy (non-hydrogen) atoms. The number of hydrogen-bond donors (Lipinski definition) is 0. The Hall–Kier alpha value is -2.92. The van der Waals surface area contributed by atoms with Gasteiger partial charge in [-0.15, -0.1) is 0 Å². The molecule has 134 valence electrons. The summed E-state index contributed by atoms with van der Waals surface area (Å²) in [6.07, 6.45) is 0.103. The number of rotatable bonds is 3. The summed E-state index contributed by atoms with van der Waals surface area (Å²) in [7, 11) is -0.249. The van der Waals surface area contributed by atoms with E-state index in [1.54, 1.807) is 0 Å². The van der Waals surface area contributed by atoms with Gasteiger partial charge in [0.15, 0.2) is 22.5 Å². The highest BCUT2D eigenvalue weighted by atomic mass is 32.2. The number of cyclic esters (lactones) is 1. The van der Waals surface area contributed by atoms with Crippen molar-refractivity contribution in [3.8, 4) is 17.2 Å². The standard InChI is InChI=1S/C22H17O4S/c23-22-19(13-14-24-22)25-15-9-11-16(12-10-15)27-20-7-3-1-5-17(20)26-18-6-2-4-8-21(18)27/h1-12,19H,13-14H2/q+1. The third-order valence-electron chi connectivity index (χ3n) is 4.58. The van der Waals surface area contributed by atoms with E-state index < -0.39 is 6.10 Å². The Morgan fingerprint density at radius 3 is 2.07 bits per heavy atom. The normalized spacial score (nSPS) is 18.2. The molecule has 0 aromatic heterocycles. The highest BCUT2D eigenvalue weighted by molar-refractivity contribution is 7.97. The van der Waals surface area contributed by atoms with Crippen molar-refractivity contribution in [2.24, 2.45) is 0 Å². The summed E-state index contributed by atoms with van der Waals surface area (Å²) in [4.78, 5) is 15.1. The van der Waals surface area contributed by atoms with Crippen LogP contribution in [0.15, 0.2) is 87.5 Å². The monoisotopic (exact) mass is 377 g/mol. The SMILES string of the molecule is O=C1OCCC1Oc1ccc([S+]2c3ccccc3Oc3ccccc32)cc1. The van der Waals surface area contributed by atoms with Gasteiger partial charge in [0, 0.05) is 6.42 Å². The highest BCUT2D eigenvalue weighted by Crippen LogP contribution is 2.46. The van der Waals surface area contributed by atoms with Crippen molar-refractivity contribution in [2.75, 3.05) is 6.61 Å². The van der Waals surface area contributed by atoms with Crippen LogP contribution in [-0.2, 0) is 20.4 Å².